The van der Waals surface area contributed by atoms with Gasteiger partial charge in [-0.2, -0.15) is 0 Å². The van der Waals surface area contributed by atoms with Crippen molar-refractivity contribution in [1.82, 2.24) is 9.88 Å². The maximum atomic E-state index is 12.5. The van der Waals surface area contributed by atoms with Gasteiger partial charge in [-0.3, -0.25) is 24.3 Å². The highest BCUT2D eigenvalue weighted by molar-refractivity contribution is 6.23. The Hall–Kier alpha value is -3.61. The first-order chi connectivity index (χ1) is 11.5. The van der Waals surface area contributed by atoms with E-state index >= 15 is 0 Å². The zero-order valence-corrected chi connectivity index (χ0v) is 12.2. The predicted octanol–water partition coefficient (Wildman–Crippen LogP) is 1.16. The van der Waals surface area contributed by atoms with Gasteiger partial charge >= 0.3 is 0 Å². The first kappa shape index (κ1) is 14.0. The van der Waals surface area contributed by atoms with E-state index in [1.165, 1.54) is 6.07 Å². The Balaban J connectivity index is 2.16. The van der Waals surface area contributed by atoms with Crippen LogP contribution in [0.1, 0.15) is 20.7 Å². The molecule has 1 aliphatic heterocycles. The average Bonchev–Trinajstić information content (AvgIpc) is 2.83. The quantitative estimate of drug-likeness (QED) is 0.582. The molecule has 4 rings (SSSR count). The fourth-order valence-electron chi connectivity index (χ4n) is 2.99. The highest BCUT2D eigenvalue weighted by Gasteiger charge is 2.32. The van der Waals surface area contributed by atoms with E-state index in [2.05, 4.69) is 5.32 Å². The molecular formula is C17H11N3O4. The van der Waals surface area contributed by atoms with Crippen LogP contribution in [0, 0.1) is 0 Å². The summed E-state index contributed by atoms with van der Waals surface area (Å²) in [6, 6.07) is 11.3. The molecule has 2 heterocycles. The van der Waals surface area contributed by atoms with Gasteiger partial charge in [0.25, 0.3) is 17.4 Å². The molecule has 24 heavy (non-hydrogen) atoms. The standard InChI is InChI=1S/C17H11N3O4/c18-15-13-10(16(23)19-17(13)24)7-12(22)20(15)14-9-4-2-1-3-8(9)5-6-11(14)21/h1-7,21H,18H2,(H,19,23,24). The fraction of sp³-hybridized carbons (Fsp3) is 0. The zero-order chi connectivity index (χ0) is 17.0. The first-order valence-electron chi connectivity index (χ1n) is 7.11. The molecule has 0 spiro atoms. The molecule has 0 saturated heterocycles. The van der Waals surface area contributed by atoms with E-state index in [-0.39, 0.29) is 28.4 Å². The van der Waals surface area contributed by atoms with Gasteiger partial charge in [-0.15, -0.1) is 0 Å². The third-order valence-corrected chi connectivity index (χ3v) is 4.06. The number of nitrogens with two attached hydrogens (primary N) is 1. The third-order valence-electron chi connectivity index (χ3n) is 4.06. The summed E-state index contributed by atoms with van der Waals surface area (Å²) in [6.07, 6.45) is 0. The number of fused-ring (bicyclic) bond motifs is 2. The van der Waals surface area contributed by atoms with Gasteiger partial charge in [-0.05, 0) is 11.5 Å². The number of carbonyl (C=O) groups excluding carboxylic acids is 2. The zero-order valence-electron chi connectivity index (χ0n) is 12.2. The number of anilines is 1. The van der Waals surface area contributed by atoms with Gasteiger partial charge in [0, 0.05) is 11.5 Å². The Labute approximate surface area is 134 Å². The molecule has 2 aromatic carbocycles. The van der Waals surface area contributed by atoms with Crippen LogP contribution >= 0.6 is 0 Å². The second-order valence-corrected chi connectivity index (χ2v) is 5.43. The second-order valence-electron chi connectivity index (χ2n) is 5.43. The molecule has 1 aromatic heterocycles. The minimum atomic E-state index is -0.666. The van der Waals surface area contributed by atoms with Crippen LogP contribution in [0.4, 0.5) is 5.82 Å². The number of amides is 2. The summed E-state index contributed by atoms with van der Waals surface area (Å²) < 4.78 is 1.05. The second kappa shape index (κ2) is 4.69. The molecule has 0 fully saturated rings. The third kappa shape index (κ3) is 1.75. The van der Waals surface area contributed by atoms with E-state index in [4.69, 9.17) is 5.73 Å². The molecule has 0 aliphatic carbocycles. The van der Waals surface area contributed by atoms with Gasteiger partial charge in [0.1, 0.15) is 17.3 Å². The SMILES string of the molecule is Nc1c2c(cc(=O)n1-c1c(O)ccc3ccccc13)C(=O)NC2=O. The van der Waals surface area contributed by atoms with Crippen molar-refractivity contribution in [2.24, 2.45) is 0 Å². The summed E-state index contributed by atoms with van der Waals surface area (Å²) in [4.78, 5) is 36.2. The van der Waals surface area contributed by atoms with E-state index in [0.717, 1.165) is 16.0 Å². The molecular weight excluding hydrogens is 310 g/mol. The maximum absolute atomic E-state index is 12.5. The Bertz CT molecular complexity index is 1110. The predicted molar refractivity (Wildman–Crippen MR) is 87.4 cm³/mol. The molecule has 7 nitrogen and oxygen atoms in total. The van der Waals surface area contributed by atoms with Crippen LogP contribution in [-0.2, 0) is 0 Å². The number of nitrogens with zero attached hydrogens (tertiary/aromatic N) is 1. The lowest BCUT2D eigenvalue weighted by molar-refractivity contribution is 0.0880. The number of hydrogen-bond donors (Lipinski definition) is 3. The lowest BCUT2D eigenvalue weighted by Gasteiger charge is -2.15. The van der Waals surface area contributed by atoms with Crippen LogP contribution in [-0.4, -0.2) is 21.5 Å². The van der Waals surface area contributed by atoms with Crippen molar-refractivity contribution in [3.8, 4) is 11.4 Å². The van der Waals surface area contributed by atoms with Crippen LogP contribution in [0.5, 0.6) is 5.75 Å². The number of aromatic nitrogens is 1. The van der Waals surface area contributed by atoms with Gasteiger partial charge in [0.2, 0.25) is 0 Å². The van der Waals surface area contributed by atoms with Gasteiger partial charge in [-0.1, -0.05) is 30.3 Å². The molecule has 0 bridgehead atoms. The number of imide groups is 1. The summed E-state index contributed by atoms with van der Waals surface area (Å²) >= 11 is 0. The van der Waals surface area contributed by atoms with E-state index in [0.29, 0.717) is 5.39 Å². The maximum Gasteiger partial charge on any atom is 0.262 e. The number of pyridine rings is 1. The van der Waals surface area contributed by atoms with E-state index < -0.39 is 17.4 Å². The van der Waals surface area contributed by atoms with E-state index in [9.17, 15) is 19.5 Å². The van der Waals surface area contributed by atoms with E-state index in [1.54, 1.807) is 18.2 Å². The Morgan fingerprint density at radius 1 is 1.00 bits per heavy atom. The summed E-state index contributed by atoms with van der Waals surface area (Å²) in [6.45, 7) is 0. The number of carbonyl (C=O) groups is 2. The number of rotatable bonds is 1. The first-order valence-corrected chi connectivity index (χ1v) is 7.11. The number of hydrogen-bond acceptors (Lipinski definition) is 5. The molecule has 4 N–H and O–H groups in total. The topological polar surface area (TPSA) is 114 Å². The summed E-state index contributed by atoms with van der Waals surface area (Å²) in [7, 11) is 0. The van der Waals surface area contributed by atoms with E-state index in [1.807, 2.05) is 12.1 Å². The van der Waals surface area contributed by atoms with Crippen LogP contribution < -0.4 is 16.6 Å². The smallest absolute Gasteiger partial charge is 0.262 e. The normalized spacial score (nSPS) is 13.2. The van der Waals surface area contributed by atoms with Crippen LogP contribution in [0.15, 0.2) is 47.3 Å². The van der Waals surface area contributed by atoms with Crippen molar-refractivity contribution in [3.63, 3.8) is 0 Å². The molecule has 0 atom stereocenters. The molecule has 118 valence electrons. The fourth-order valence-corrected chi connectivity index (χ4v) is 2.99. The van der Waals surface area contributed by atoms with Crippen LogP contribution in [0.3, 0.4) is 0 Å². The van der Waals surface area contributed by atoms with Gasteiger partial charge < -0.3 is 10.8 Å². The minimum absolute atomic E-state index is 0.0570. The van der Waals surface area contributed by atoms with Gasteiger partial charge in [0.05, 0.1) is 11.1 Å². The molecule has 3 aromatic rings. The number of nitrogen functional groups attached to an aromatic ring is 1. The number of aromatic hydroxyl groups is 1. The summed E-state index contributed by atoms with van der Waals surface area (Å²) in [5.41, 5.74) is 5.46. The lowest BCUT2D eigenvalue weighted by atomic mass is 10.1. The Kier molecular flexibility index (Phi) is 2.74. The molecule has 1 aliphatic rings. The lowest BCUT2D eigenvalue weighted by Crippen LogP contribution is -2.24. The molecule has 7 heteroatoms. The van der Waals surface area contributed by atoms with Gasteiger partial charge in [0.15, 0.2) is 0 Å². The average molecular weight is 321 g/mol. The van der Waals surface area contributed by atoms with Crippen LogP contribution in [0.2, 0.25) is 0 Å². The largest absolute Gasteiger partial charge is 0.506 e. The van der Waals surface area contributed by atoms with Crippen molar-refractivity contribution in [2.75, 3.05) is 5.73 Å². The number of nitrogens with one attached hydrogen (secondary N) is 1. The van der Waals surface area contributed by atoms with Gasteiger partial charge in [-0.25, -0.2) is 0 Å². The summed E-state index contributed by atoms with van der Waals surface area (Å²) in [5, 5.41) is 13.8. The molecule has 0 saturated carbocycles. The molecule has 0 unspecified atom stereocenters. The Morgan fingerprint density at radius 2 is 1.75 bits per heavy atom. The van der Waals surface area contributed by atoms with Crippen molar-refractivity contribution >= 4 is 28.4 Å². The molecule has 2 amide bonds. The van der Waals surface area contributed by atoms with Crippen molar-refractivity contribution in [3.05, 3.63) is 63.9 Å². The van der Waals surface area contributed by atoms with Crippen molar-refractivity contribution < 1.29 is 14.7 Å². The van der Waals surface area contributed by atoms with Crippen LogP contribution in [0.25, 0.3) is 16.5 Å². The Morgan fingerprint density at radius 3 is 2.54 bits per heavy atom. The number of benzene rings is 2. The summed E-state index contributed by atoms with van der Waals surface area (Å²) in [5.74, 6) is -1.67. The highest BCUT2D eigenvalue weighted by Crippen LogP contribution is 2.33. The number of phenols is 1. The highest BCUT2D eigenvalue weighted by atomic mass is 16.3. The monoisotopic (exact) mass is 321 g/mol. The minimum Gasteiger partial charge on any atom is -0.506 e. The number of phenolic OH excluding ortho intramolecular Hbond substituents is 1. The van der Waals surface area contributed by atoms with Crippen molar-refractivity contribution in [1.29, 1.82) is 0 Å². The van der Waals surface area contributed by atoms with Crippen molar-refractivity contribution in [2.45, 2.75) is 0 Å². The molecule has 0 radical (unpaired) electrons.